The largest absolute Gasteiger partial charge is 0.491 e. The fraction of sp³-hybridized carbons (Fsp3) is 0.636. The van der Waals surface area contributed by atoms with Gasteiger partial charge >= 0.3 is 0 Å². The van der Waals surface area contributed by atoms with E-state index in [0.717, 1.165) is 30.4 Å². The number of rotatable bonds is 16. The van der Waals surface area contributed by atoms with Gasteiger partial charge in [-0.05, 0) is 72.8 Å². The Morgan fingerprint density at radius 2 is 1.29 bits per heavy atom. The molecule has 1 aliphatic rings. The van der Waals surface area contributed by atoms with Crippen LogP contribution in [0.15, 0.2) is 48.5 Å². The van der Waals surface area contributed by atoms with Crippen molar-refractivity contribution in [1.82, 2.24) is 0 Å². The Bertz CT molecular complexity index is 789. The zero-order valence-corrected chi connectivity index (χ0v) is 22.5. The summed E-state index contributed by atoms with van der Waals surface area (Å²) < 4.78 is 19.7. The lowest BCUT2D eigenvalue weighted by atomic mass is 9.77. The van der Waals surface area contributed by atoms with E-state index in [9.17, 15) is 4.39 Å². The maximum atomic E-state index is 14.0. The molecular formula is C33H49FO. The molecule has 2 heteroatoms. The van der Waals surface area contributed by atoms with Crippen LogP contribution in [0.2, 0.25) is 0 Å². The molecule has 0 aliphatic heterocycles. The van der Waals surface area contributed by atoms with Crippen LogP contribution in [-0.2, 0) is 0 Å². The second-order valence-corrected chi connectivity index (χ2v) is 10.8. The molecule has 2 aromatic rings. The summed E-state index contributed by atoms with van der Waals surface area (Å²) >= 11 is 0. The first-order chi connectivity index (χ1) is 17.2. The Morgan fingerprint density at radius 3 is 1.91 bits per heavy atom. The van der Waals surface area contributed by atoms with Crippen molar-refractivity contribution in [2.24, 2.45) is 5.92 Å². The number of hydrogen-bond donors (Lipinski definition) is 0. The molecule has 0 saturated heterocycles. The van der Waals surface area contributed by atoms with Crippen LogP contribution in [0.25, 0.3) is 11.1 Å². The third kappa shape index (κ3) is 9.98. The molecule has 0 amide bonds. The maximum Gasteiger partial charge on any atom is 0.134 e. The third-order valence-corrected chi connectivity index (χ3v) is 7.93. The molecule has 0 N–H and O–H groups in total. The molecule has 2 aromatic carbocycles. The quantitative estimate of drug-likeness (QED) is 0.217. The molecule has 0 spiro atoms. The van der Waals surface area contributed by atoms with Gasteiger partial charge in [-0.1, -0.05) is 114 Å². The molecule has 3 rings (SSSR count). The minimum absolute atomic E-state index is 0.154. The number of halogens is 1. The predicted molar refractivity (Wildman–Crippen MR) is 149 cm³/mol. The van der Waals surface area contributed by atoms with Crippen LogP contribution in [0, 0.1) is 5.92 Å². The van der Waals surface area contributed by atoms with Gasteiger partial charge in [-0.2, -0.15) is 0 Å². The molecule has 194 valence electrons. The van der Waals surface area contributed by atoms with Gasteiger partial charge in [0.15, 0.2) is 0 Å². The first-order valence-corrected chi connectivity index (χ1v) is 14.7. The van der Waals surface area contributed by atoms with E-state index in [1.807, 2.05) is 12.1 Å². The highest BCUT2D eigenvalue weighted by atomic mass is 19.1. The van der Waals surface area contributed by atoms with E-state index in [1.54, 1.807) is 0 Å². The molecule has 0 bridgehead atoms. The van der Waals surface area contributed by atoms with Gasteiger partial charge in [0.05, 0.1) is 0 Å². The summed E-state index contributed by atoms with van der Waals surface area (Å²) in [6.45, 7) is 4.62. The van der Waals surface area contributed by atoms with E-state index in [4.69, 9.17) is 4.74 Å². The SMILES string of the molecule is CCCCCCCC1CCC(c2ccc(-c3ccc(OC[C@@H](F)CCCCCC)cc3)cc2)CC1. The second kappa shape index (κ2) is 16.0. The van der Waals surface area contributed by atoms with E-state index in [2.05, 4.69) is 50.2 Å². The zero-order valence-electron chi connectivity index (χ0n) is 22.5. The van der Waals surface area contributed by atoms with Gasteiger partial charge in [-0.3, -0.25) is 0 Å². The molecule has 0 unspecified atom stereocenters. The van der Waals surface area contributed by atoms with Crippen LogP contribution in [0.5, 0.6) is 5.75 Å². The first-order valence-electron chi connectivity index (χ1n) is 14.7. The van der Waals surface area contributed by atoms with Crippen molar-refractivity contribution in [3.63, 3.8) is 0 Å². The lowest BCUT2D eigenvalue weighted by Gasteiger charge is -2.29. The van der Waals surface area contributed by atoms with E-state index in [-0.39, 0.29) is 6.61 Å². The number of benzene rings is 2. The van der Waals surface area contributed by atoms with E-state index >= 15 is 0 Å². The van der Waals surface area contributed by atoms with E-state index < -0.39 is 6.17 Å². The van der Waals surface area contributed by atoms with Gasteiger partial charge in [-0.15, -0.1) is 0 Å². The molecular weight excluding hydrogens is 431 g/mol. The maximum absolute atomic E-state index is 14.0. The summed E-state index contributed by atoms with van der Waals surface area (Å²) in [4.78, 5) is 0. The minimum atomic E-state index is -0.875. The van der Waals surface area contributed by atoms with Crippen molar-refractivity contribution in [1.29, 1.82) is 0 Å². The van der Waals surface area contributed by atoms with Crippen molar-refractivity contribution in [2.45, 2.75) is 122 Å². The highest BCUT2D eigenvalue weighted by Crippen LogP contribution is 2.38. The van der Waals surface area contributed by atoms with Crippen LogP contribution >= 0.6 is 0 Å². The molecule has 1 fully saturated rings. The highest BCUT2D eigenvalue weighted by molar-refractivity contribution is 5.64. The van der Waals surface area contributed by atoms with Crippen LogP contribution in [0.4, 0.5) is 4.39 Å². The monoisotopic (exact) mass is 480 g/mol. The number of ether oxygens (including phenoxy) is 1. The third-order valence-electron chi connectivity index (χ3n) is 7.93. The molecule has 0 heterocycles. The lowest BCUT2D eigenvalue weighted by Crippen LogP contribution is -2.13. The Hall–Kier alpha value is -1.83. The fourth-order valence-corrected chi connectivity index (χ4v) is 5.57. The van der Waals surface area contributed by atoms with Crippen molar-refractivity contribution in [2.75, 3.05) is 6.61 Å². The molecule has 1 nitrogen and oxygen atoms in total. The van der Waals surface area contributed by atoms with Crippen LogP contribution in [-0.4, -0.2) is 12.8 Å². The van der Waals surface area contributed by atoms with Crippen LogP contribution < -0.4 is 4.74 Å². The molecule has 1 atom stereocenters. The number of unbranched alkanes of at least 4 members (excludes halogenated alkanes) is 7. The van der Waals surface area contributed by atoms with Crippen molar-refractivity contribution in [3.8, 4) is 16.9 Å². The first kappa shape index (κ1) is 27.8. The van der Waals surface area contributed by atoms with Crippen molar-refractivity contribution in [3.05, 3.63) is 54.1 Å². The topological polar surface area (TPSA) is 9.23 Å². The molecule has 0 radical (unpaired) electrons. The summed E-state index contributed by atoms with van der Waals surface area (Å²) in [6.07, 6.45) is 18.1. The summed E-state index contributed by atoms with van der Waals surface area (Å²) in [5.74, 6) is 2.44. The fourth-order valence-electron chi connectivity index (χ4n) is 5.57. The minimum Gasteiger partial charge on any atom is -0.491 e. The van der Waals surface area contributed by atoms with Gasteiger partial charge in [0.2, 0.25) is 0 Å². The Kier molecular flexibility index (Phi) is 12.7. The van der Waals surface area contributed by atoms with Gasteiger partial charge in [0, 0.05) is 0 Å². The van der Waals surface area contributed by atoms with Crippen molar-refractivity contribution < 1.29 is 9.13 Å². The number of hydrogen-bond acceptors (Lipinski definition) is 1. The summed E-state index contributed by atoms with van der Waals surface area (Å²) in [7, 11) is 0. The predicted octanol–water partition coefficient (Wildman–Crippen LogP) is 10.7. The molecule has 35 heavy (non-hydrogen) atoms. The lowest BCUT2D eigenvalue weighted by molar-refractivity contribution is 0.184. The standard InChI is InChI=1S/C33H49FO/c1-3-5-7-9-10-12-27-14-16-28(17-15-27)29-18-20-30(21-19-29)31-22-24-33(25-23-31)35-26-32(34)13-11-8-6-4-2/h18-25,27-28,32H,3-17,26H2,1-2H3/t27?,28?,32-/m0/s1. The van der Waals surface area contributed by atoms with Gasteiger partial charge in [0.25, 0.3) is 0 Å². The van der Waals surface area contributed by atoms with Gasteiger partial charge in [0.1, 0.15) is 18.5 Å². The highest BCUT2D eigenvalue weighted by Gasteiger charge is 2.22. The van der Waals surface area contributed by atoms with Gasteiger partial charge < -0.3 is 4.74 Å². The zero-order chi connectivity index (χ0) is 24.7. The Balaban J connectivity index is 1.39. The van der Waals surface area contributed by atoms with E-state index in [0.29, 0.717) is 6.42 Å². The summed E-state index contributed by atoms with van der Waals surface area (Å²) in [6, 6.07) is 17.3. The average Bonchev–Trinajstić information content (AvgIpc) is 2.91. The molecule has 1 aliphatic carbocycles. The van der Waals surface area contributed by atoms with Crippen LogP contribution in [0.3, 0.4) is 0 Å². The van der Waals surface area contributed by atoms with Crippen LogP contribution in [0.1, 0.15) is 122 Å². The van der Waals surface area contributed by atoms with Crippen molar-refractivity contribution >= 4 is 0 Å². The summed E-state index contributed by atoms with van der Waals surface area (Å²) in [5.41, 5.74) is 3.93. The molecule has 0 aromatic heterocycles. The molecule has 1 saturated carbocycles. The smallest absolute Gasteiger partial charge is 0.134 e. The normalized spacial score (nSPS) is 18.9. The Morgan fingerprint density at radius 1 is 0.714 bits per heavy atom. The average molecular weight is 481 g/mol. The van der Waals surface area contributed by atoms with Gasteiger partial charge in [-0.25, -0.2) is 4.39 Å². The Labute approximate surface area is 214 Å². The number of alkyl halides is 1. The second-order valence-electron chi connectivity index (χ2n) is 10.8. The summed E-state index contributed by atoms with van der Waals surface area (Å²) in [5, 5.41) is 0. The van der Waals surface area contributed by atoms with E-state index in [1.165, 1.54) is 93.7 Å².